The lowest BCUT2D eigenvalue weighted by Gasteiger charge is -2.04. The van der Waals surface area contributed by atoms with Crippen molar-refractivity contribution in [2.24, 2.45) is 0 Å². The van der Waals surface area contributed by atoms with Crippen molar-refractivity contribution in [3.8, 4) is 11.4 Å². The third kappa shape index (κ3) is 4.01. The van der Waals surface area contributed by atoms with Gasteiger partial charge in [-0.3, -0.25) is 4.79 Å². The van der Waals surface area contributed by atoms with Gasteiger partial charge in [0.15, 0.2) is 0 Å². The fraction of sp³-hybridized carbons (Fsp3) is 0.125. The summed E-state index contributed by atoms with van der Waals surface area (Å²) in [4.78, 5) is 13.3. The van der Waals surface area contributed by atoms with Crippen LogP contribution in [0.15, 0.2) is 53.0 Å². The molecule has 1 heterocycles. The van der Waals surface area contributed by atoms with E-state index in [4.69, 9.17) is 0 Å². The summed E-state index contributed by atoms with van der Waals surface area (Å²) in [5, 5.41) is 14.9. The van der Waals surface area contributed by atoms with Crippen LogP contribution in [0.1, 0.15) is 5.56 Å². The van der Waals surface area contributed by atoms with E-state index in [0.717, 1.165) is 21.3 Å². The Morgan fingerprint density at radius 2 is 1.83 bits per heavy atom. The number of nitrogens with one attached hydrogen (secondary N) is 1. The third-order valence-corrected chi connectivity index (χ3v) is 3.70. The summed E-state index contributed by atoms with van der Waals surface area (Å²) in [6.07, 6.45) is 0. The van der Waals surface area contributed by atoms with Crippen LogP contribution in [-0.4, -0.2) is 26.1 Å². The van der Waals surface area contributed by atoms with E-state index in [1.807, 2.05) is 55.5 Å². The summed E-state index contributed by atoms with van der Waals surface area (Å²) in [5.41, 5.74) is 2.75. The molecule has 0 aliphatic rings. The molecule has 0 atom stereocenters. The second kappa shape index (κ2) is 6.70. The van der Waals surface area contributed by atoms with Gasteiger partial charge in [0.1, 0.15) is 6.54 Å². The van der Waals surface area contributed by atoms with Gasteiger partial charge in [-0.25, -0.2) is 0 Å². The Labute approximate surface area is 141 Å². The maximum Gasteiger partial charge on any atom is 0.248 e. The molecule has 0 aliphatic carbocycles. The zero-order valence-corrected chi connectivity index (χ0v) is 14.0. The number of amides is 1. The van der Waals surface area contributed by atoms with Gasteiger partial charge in [-0.2, -0.15) is 4.80 Å². The van der Waals surface area contributed by atoms with Crippen LogP contribution in [0.4, 0.5) is 5.69 Å². The van der Waals surface area contributed by atoms with Crippen molar-refractivity contribution in [1.29, 1.82) is 0 Å². The first kappa shape index (κ1) is 15.4. The number of aryl methyl sites for hydroxylation is 1. The summed E-state index contributed by atoms with van der Waals surface area (Å²) >= 11 is 3.35. The van der Waals surface area contributed by atoms with Crippen LogP contribution < -0.4 is 5.32 Å². The Bertz CT molecular complexity index is 811. The number of hydrogen-bond donors (Lipinski definition) is 1. The number of tetrazole rings is 1. The van der Waals surface area contributed by atoms with Crippen molar-refractivity contribution in [3.63, 3.8) is 0 Å². The molecule has 23 heavy (non-hydrogen) atoms. The molecule has 0 fully saturated rings. The molecule has 6 nitrogen and oxygen atoms in total. The smallest absolute Gasteiger partial charge is 0.248 e. The van der Waals surface area contributed by atoms with E-state index in [9.17, 15) is 4.79 Å². The van der Waals surface area contributed by atoms with E-state index in [2.05, 4.69) is 36.7 Å². The minimum Gasteiger partial charge on any atom is -0.324 e. The van der Waals surface area contributed by atoms with E-state index >= 15 is 0 Å². The minimum atomic E-state index is -0.208. The molecule has 0 aliphatic heterocycles. The van der Waals surface area contributed by atoms with E-state index in [1.54, 1.807) is 0 Å². The second-order valence-corrected chi connectivity index (χ2v) is 5.98. The van der Waals surface area contributed by atoms with Gasteiger partial charge in [-0.05, 0) is 36.4 Å². The van der Waals surface area contributed by atoms with Crippen LogP contribution >= 0.6 is 15.9 Å². The Hall–Kier alpha value is -2.54. The van der Waals surface area contributed by atoms with Crippen LogP contribution in [-0.2, 0) is 11.3 Å². The number of halogens is 1. The van der Waals surface area contributed by atoms with Gasteiger partial charge in [0.2, 0.25) is 11.7 Å². The number of anilines is 1. The van der Waals surface area contributed by atoms with Gasteiger partial charge < -0.3 is 5.32 Å². The van der Waals surface area contributed by atoms with E-state index in [0.29, 0.717) is 5.82 Å². The predicted molar refractivity (Wildman–Crippen MR) is 90.8 cm³/mol. The second-order valence-electron chi connectivity index (χ2n) is 5.06. The fourth-order valence-corrected chi connectivity index (χ4v) is 2.25. The van der Waals surface area contributed by atoms with Crippen molar-refractivity contribution in [2.45, 2.75) is 13.5 Å². The molecular weight excluding hydrogens is 358 g/mol. The molecule has 1 amide bonds. The number of rotatable bonds is 4. The molecular formula is C16H14BrN5O. The molecule has 3 rings (SSSR count). The van der Waals surface area contributed by atoms with Crippen LogP contribution in [0.5, 0.6) is 0 Å². The van der Waals surface area contributed by atoms with Gasteiger partial charge in [0.05, 0.1) is 0 Å². The summed E-state index contributed by atoms with van der Waals surface area (Å²) in [7, 11) is 0. The average Bonchev–Trinajstić information content (AvgIpc) is 2.98. The summed E-state index contributed by atoms with van der Waals surface area (Å²) in [6, 6.07) is 15.2. The van der Waals surface area contributed by atoms with Crippen molar-refractivity contribution < 1.29 is 4.79 Å². The Morgan fingerprint density at radius 3 is 2.52 bits per heavy atom. The molecule has 0 saturated carbocycles. The van der Waals surface area contributed by atoms with Gasteiger partial charge in [-0.15, -0.1) is 10.2 Å². The number of carbonyl (C=O) groups is 1. The average molecular weight is 372 g/mol. The molecule has 0 radical (unpaired) electrons. The quantitative estimate of drug-likeness (QED) is 0.764. The van der Waals surface area contributed by atoms with Crippen molar-refractivity contribution in [3.05, 3.63) is 58.6 Å². The fourth-order valence-electron chi connectivity index (χ4n) is 1.99. The minimum absolute atomic E-state index is 0.00885. The van der Waals surface area contributed by atoms with Gasteiger partial charge in [0, 0.05) is 15.7 Å². The molecule has 1 aromatic heterocycles. The third-order valence-electron chi connectivity index (χ3n) is 3.18. The standard InChI is InChI=1S/C16H14BrN5O/c1-11-2-4-12(5-3-11)16-19-21-22(20-16)10-15(23)18-14-8-6-13(17)7-9-14/h2-9H,10H2,1H3,(H,18,23). The predicted octanol–water partition coefficient (Wildman–Crippen LogP) is 3.05. The molecule has 2 aromatic carbocycles. The zero-order chi connectivity index (χ0) is 16.2. The Balaban J connectivity index is 1.65. The van der Waals surface area contributed by atoms with E-state index in [1.165, 1.54) is 4.80 Å². The maximum absolute atomic E-state index is 12.0. The first-order valence-corrected chi connectivity index (χ1v) is 7.80. The van der Waals surface area contributed by atoms with Crippen molar-refractivity contribution in [1.82, 2.24) is 20.2 Å². The van der Waals surface area contributed by atoms with Gasteiger partial charge in [0.25, 0.3) is 0 Å². The zero-order valence-electron chi connectivity index (χ0n) is 12.4. The maximum atomic E-state index is 12.0. The molecule has 0 spiro atoms. The topological polar surface area (TPSA) is 72.7 Å². The van der Waals surface area contributed by atoms with Gasteiger partial charge in [-0.1, -0.05) is 45.8 Å². The van der Waals surface area contributed by atoms with Crippen LogP contribution in [0.2, 0.25) is 0 Å². The largest absolute Gasteiger partial charge is 0.324 e. The first-order chi connectivity index (χ1) is 11.1. The normalized spacial score (nSPS) is 10.5. The highest BCUT2D eigenvalue weighted by Gasteiger charge is 2.09. The summed E-state index contributed by atoms with van der Waals surface area (Å²) in [6.45, 7) is 2.02. The van der Waals surface area contributed by atoms with Crippen LogP contribution in [0.3, 0.4) is 0 Å². The Kier molecular flexibility index (Phi) is 4.47. The molecule has 1 N–H and O–H groups in total. The highest BCUT2D eigenvalue weighted by Crippen LogP contribution is 2.15. The highest BCUT2D eigenvalue weighted by atomic mass is 79.9. The number of hydrogen-bond acceptors (Lipinski definition) is 4. The molecule has 0 saturated heterocycles. The summed E-state index contributed by atoms with van der Waals surface area (Å²) in [5.74, 6) is 0.293. The van der Waals surface area contributed by atoms with Crippen molar-refractivity contribution >= 4 is 27.5 Å². The van der Waals surface area contributed by atoms with E-state index in [-0.39, 0.29) is 12.5 Å². The SMILES string of the molecule is Cc1ccc(-c2nnn(CC(=O)Nc3ccc(Br)cc3)n2)cc1. The van der Waals surface area contributed by atoms with Gasteiger partial charge >= 0.3 is 0 Å². The lowest BCUT2D eigenvalue weighted by Crippen LogP contribution is -2.20. The molecule has 0 bridgehead atoms. The highest BCUT2D eigenvalue weighted by molar-refractivity contribution is 9.10. The number of aromatic nitrogens is 4. The lowest BCUT2D eigenvalue weighted by atomic mass is 10.1. The van der Waals surface area contributed by atoms with E-state index < -0.39 is 0 Å². The van der Waals surface area contributed by atoms with Crippen LogP contribution in [0, 0.1) is 6.92 Å². The molecule has 0 unspecified atom stereocenters. The number of carbonyl (C=O) groups excluding carboxylic acids is 1. The summed E-state index contributed by atoms with van der Waals surface area (Å²) < 4.78 is 0.955. The Morgan fingerprint density at radius 1 is 1.13 bits per heavy atom. The van der Waals surface area contributed by atoms with Crippen molar-refractivity contribution in [2.75, 3.05) is 5.32 Å². The molecule has 116 valence electrons. The monoisotopic (exact) mass is 371 g/mol. The molecule has 7 heteroatoms. The molecule has 3 aromatic rings. The van der Waals surface area contributed by atoms with Crippen LogP contribution in [0.25, 0.3) is 11.4 Å². The number of nitrogens with zero attached hydrogens (tertiary/aromatic N) is 4. The number of benzene rings is 2. The lowest BCUT2D eigenvalue weighted by molar-refractivity contribution is -0.117. The first-order valence-electron chi connectivity index (χ1n) is 7.00.